The molecule has 0 aromatic heterocycles. The van der Waals surface area contributed by atoms with Crippen LogP contribution in [0.4, 0.5) is 0 Å². The maximum atomic E-state index is 6.04. The standard InChI is InChI=1S/C15H26O/c1-10-12-6-11(14(12,4)5)7-15(10)8-13(2,3)16-9-15/h10-12H,6-9H2,1-5H3. The van der Waals surface area contributed by atoms with Gasteiger partial charge in [-0.15, -0.1) is 0 Å². The average molecular weight is 222 g/mol. The van der Waals surface area contributed by atoms with Gasteiger partial charge in [-0.05, 0) is 61.7 Å². The third-order valence-corrected chi connectivity index (χ3v) is 6.30. The second kappa shape index (κ2) is 2.85. The van der Waals surface area contributed by atoms with Crippen molar-refractivity contribution >= 4 is 0 Å². The summed E-state index contributed by atoms with van der Waals surface area (Å²) in [5.74, 6) is 2.77. The van der Waals surface area contributed by atoms with Gasteiger partial charge >= 0.3 is 0 Å². The molecule has 1 aliphatic heterocycles. The fourth-order valence-corrected chi connectivity index (χ4v) is 5.07. The first-order chi connectivity index (χ1) is 7.27. The van der Waals surface area contributed by atoms with Crippen molar-refractivity contribution < 1.29 is 4.74 Å². The summed E-state index contributed by atoms with van der Waals surface area (Å²) in [6.45, 7) is 13.0. The van der Waals surface area contributed by atoms with Crippen LogP contribution in [-0.2, 0) is 4.74 Å². The lowest BCUT2D eigenvalue weighted by Crippen LogP contribution is -2.59. The highest BCUT2D eigenvalue weighted by Gasteiger charge is 2.64. The molecule has 4 rings (SSSR count). The Morgan fingerprint density at radius 1 is 1.12 bits per heavy atom. The van der Waals surface area contributed by atoms with E-state index < -0.39 is 0 Å². The Balaban J connectivity index is 1.86. The van der Waals surface area contributed by atoms with Crippen molar-refractivity contribution in [2.24, 2.45) is 28.6 Å². The highest BCUT2D eigenvalue weighted by atomic mass is 16.5. The van der Waals surface area contributed by atoms with Gasteiger partial charge in [0.05, 0.1) is 12.2 Å². The summed E-state index contributed by atoms with van der Waals surface area (Å²) < 4.78 is 6.04. The zero-order valence-electron chi connectivity index (χ0n) is 11.5. The summed E-state index contributed by atoms with van der Waals surface area (Å²) in [5.41, 5.74) is 1.26. The molecule has 3 aliphatic carbocycles. The van der Waals surface area contributed by atoms with Crippen LogP contribution in [0.5, 0.6) is 0 Å². The van der Waals surface area contributed by atoms with Crippen LogP contribution in [0, 0.1) is 28.6 Å². The fraction of sp³-hybridized carbons (Fsp3) is 1.00. The molecule has 0 amide bonds. The molecule has 1 spiro atoms. The van der Waals surface area contributed by atoms with E-state index in [2.05, 4.69) is 34.6 Å². The molecule has 1 heterocycles. The Labute approximate surface area is 99.9 Å². The third-order valence-electron chi connectivity index (χ3n) is 6.30. The normalized spacial score (nSPS) is 52.7. The smallest absolute Gasteiger partial charge is 0.0633 e. The van der Waals surface area contributed by atoms with E-state index in [-0.39, 0.29) is 5.60 Å². The Morgan fingerprint density at radius 2 is 1.81 bits per heavy atom. The summed E-state index contributed by atoms with van der Waals surface area (Å²) in [6.07, 6.45) is 4.18. The molecule has 0 aromatic rings. The van der Waals surface area contributed by atoms with Crippen molar-refractivity contribution in [3.63, 3.8) is 0 Å². The molecule has 92 valence electrons. The van der Waals surface area contributed by atoms with Crippen LogP contribution in [0.1, 0.15) is 53.9 Å². The number of rotatable bonds is 0. The van der Waals surface area contributed by atoms with Crippen molar-refractivity contribution in [1.29, 1.82) is 0 Å². The van der Waals surface area contributed by atoms with Crippen molar-refractivity contribution in [1.82, 2.24) is 0 Å². The Morgan fingerprint density at radius 3 is 2.25 bits per heavy atom. The second-order valence-corrected chi connectivity index (χ2v) is 7.94. The predicted octanol–water partition coefficient (Wildman–Crippen LogP) is 3.87. The average Bonchev–Trinajstić information content (AvgIpc) is 2.47. The SMILES string of the molecule is CC1C2CC(CC13COC(C)(C)C3)C2(C)C. The van der Waals surface area contributed by atoms with Gasteiger partial charge < -0.3 is 4.74 Å². The first-order valence-electron chi connectivity index (χ1n) is 6.91. The molecule has 0 radical (unpaired) electrons. The van der Waals surface area contributed by atoms with Crippen molar-refractivity contribution in [2.45, 2.75) is 59.5 Å². The zero-order valence-corrected chi connectivity index (χ0v) is 11.5. The minimum atomic E-state index is 0.127. The van der Waals surface area contributed by atoms with Crippen molar-refractivity contribution in [2.75, 3.05) is 6.61 Å². The van der Waals surface area contributed by atoms with Gasteiger partial charge in [0, 0.05) is 0 Å². The molecule has 3 saturated carbocycles. The topological polar surface area (TPSA) is 9.23 Å². The van der Waals surface area contributed by atoms with E-state index >= 15 is 0 Å². The van der Waals surface area contributed by atoms with E-state index in [1.54, 1.807) is 0 Å². The Bertz CT molecular complexity index is 317. The molecule has 16 heavy (non-hydrogen) atoms. The first-order valence-corrected chi connectivity index (χ1v) is 6.91. The van der Waals surface area contributed by atoms with Crippen molar-refractivity contribution in [3.05, 3.63) is 0 Å². The summed E-state index contributed by atoms with van der Waals surface area (Å²) >= 11 is 0. The van der Waals surface area contributed by atoms with E-state index in [0.29, 0.717) is 10.8 Å². The lowest BCUT2D eigenvalue weighted by atomic mass is 9.39. The highest BCUT2D eigenvalue weighted by molar-refractivity contribution is 5.12. The molecule has 1 heteroatoms. The number of hydrogen-bond donors (Lipinski definition) is 0. The molecule has 4 atom stereocenters. The number of ether oxygens (including phenoxy) is 1. The van der Waals surface area contributed by atoms with Crippen LogP contribution in [0.15, 0.2) is 0 Å². The van der Waals surface area contributed by atoms with Gasteiger partial charge in [0.2, 0.25) is 0 Å². The number of hydrogen-bond acceptors (Lipinski definition) is 1. The first kappa shape index (κ1) is 11.1. The summed E-state index contributed by atoms with van der Waals surface area (Å²) in [6, 6.07) is 0. The van der Waals surface area contributed by atoms with Gasteiger partial charge in [-0.25, -0.2) is 0 Å². The van der Waals surface area contributed by atoms with Gasteiger partial charge in [-0.1, -0.05) is 20.8 Å². The minimum Gasteiger partial charge on any atom is -0.375 e. The molecule has 0 aromatic carbocycles. The third kappa shape index (κ3) is 1.21. The van der Waals surface area contributed by atoms with E-state index in [4.69, 9.17) is 4.74 Å². The van der Waals surface area contributed by atoms with Crippen LogP contribution in [0.2, 0.25) is 0 Å². The largest absolute Gasteiger partial charge is 0.375 e. The van der Waals surface area contributed by atoms with E-state index in [1.807, 2.05) is 0 Å². The lowest BCUT2D eigenvalue weighted by molar-refractivity contribution is -0.168. The predicted molar refractivity (Wildman–Crippen MR) is 66.2 cm³/mol. The van der Waals surface area contributed by atoms with Crippen LogP contribution in [0.25, 0.3) is 0 Å². The molecule has 0 N–H and O–H groups in total. The van der Waals surface area contributed by atoms with E-state index in [0.717, 1.165) is 24.4 Å². The van der Waals surface area contributed by atoms with Crippen LogP contribution < -0.4 is 0 Å². The fourth-order valence-electron chi connectivity index (χ4n) is 5.07. The van der Waals surface area contributed by atoms with Crippen LogP contribution >= 0.6 is 0 Å². The summed E-state index contributed by atoms with van der Waals surface area (Å²) in [4.78, 5) is 0. The molecule has 4 unspecified atom stereocenters. The molecular formula is C15H26O. The van der Waals surface area contributed by atoms with Gasteiger partial charge in [-0.2, -0.15) is 0 Å². The van der Waals surface area contributed by atoms with Gasteiger partial charge in [-0.3, -0.25) is 0 Å². The highest BCUT2D eigenvalue weighted by Crippen LogP contribution is 2.69. The molecule has 1 saturated heterocycles. The van der Waals surface area contributed by atoms with Crippen LogP contribution in [0.3, 0.4) is 0 Å². The molecule has 2 bridgehead atoms. The van der Waals surface area contributed by atoms with Crippen LogP contribution in [-0.4, -0.2) is 12.2 Å². The maximum Gasteiger partial charge on any atom is 0.0633 e. The van der Waals surface area contributed by atoms with E-state index in [1.165, 1.54) is 19.3 Å². The molecule has 1 nitrogen and oxygen atoms in total. The van der Waals surface area contributed by atoms with Gasteiger partial charge in [0.15, 0.2) is 0 Å². The Hall–Kier alpha value is -0.0400. The zero-order chi connectivity index (χ0) is 11.8. The van der Waals surface area contributed by atoms with Crippen molar-refractivity contribution in [3.8, 4) is 0 Å². The quantitative estimate of drug-likeness (QED) is 0.604. The second-order valence-electron chi connectivity index (χ2n) is 7.94. The van der Waals surface area contributed by atoms with Gasteiger partial charge in [0.1, 0.15) is 0 Å². The minimum absolute atomic E-state index is 0.127. The van der Waals surface area contributed by atoms with Gasteiger partial charge in [0.25, 0.3) is 0 Å². The maximum absolute atomic E-state index is 6.04. The molecule has 4 fully saturated rings. The molecule has 4 aliphatic rings. The monoisotopic (exact) mass is 222 g/mol. The Kier molecular flexibility index (Phi) is 1.98. The molecular weight excluding hydrogens is 196 g/mol. The summed E-state index contributed by atoms with van der Waals surface area (Å²) in [5, 5.41) is 0. The van der Waals surface area contributed by atoms with E-state index in [9.17, 15) is 0 Å². The lowest BCUT2D eigenvalue weighted by Gasteiger charge is -2.65. The summed E-state index contributed by atoms with van der Waals surface area (Å²) in [7, 11) is 0.